The lowest BCUT2D eigenvalue weighted by Crippen LogP contribution is -2.23. The molecule has 0 spiro atoms. The average Bonchev–Trinajstić information content (AvgIpc) is 2.78. The summed E-state index contributed by atoms with van der Waals surface area (Å²) >= 11 is 11.7. The van der Waals surface area contributed by atoms with E-state index in [1.165, 1.54) is 6.07 Å². The van der Waals surface area contributed by atoms with E-state index < -0.39 is 16.6 Å². The predicted molar refractivity (Wildman–Crippen MR) is 85.3 cm³/mol. The molecular weight excluding hydrogens is 334 g/mol. The third-order valence-corrected chi connectivity index (χ3v) is 5.71. The minimum absolute atomic E-state index is 0.0781. The van der Waals surface area contributed by atoms with Crippen LogP contribution in [0.2, 0.25) is 5.02 Å². The highest BCUT2D eigenvalue weighted by Gasteiger charge is 2.24. The van der Waals surface area contributed by atoms with Gasteiger partial charge in [0, 0.05) is 46.7 Å². The Bertz CT molecular complexity index is 694. The number of imidazole rings is 1. The van der Waals surface area contributed by atoms with Crippen LogP contribution in [-0.2, 0) is 17.2 Å². The molecular formula is C14H15Cl2FN2OS. The summed E-state index contributed by atoms with van der Waals surface area (Å²) in [6, 6.07) is 3.20. The molecule has 1 saturated heterocycles. The highest BCUT2D eigenvalue weighted by Crippen LogP contribution is 2.31. The quantitative estimate of drug-likeness (QED) is 0.792. The van der Waals surface area contributed by atoms with Crippen molar-refractivity contribution >= 4 is 45.0 Å². The fraction of sp³-hybridized carbons (Fsp3) is 0.500. The van der Waals surface area contributed by atoms with Crippen molar-refractivity contribution in [1.29, 1.82) is 0 Å². The molecule has 0 aliphatic carbocycles. The summed E-state index contributed by atoms with van der Waals surface area (Å²) in [5, 5.41) is 0.0781. The first-order chi connectivity index (χ1) is 10.1. The standard InChI is InChI=1S/C14H15Cl2FN2OS/c15-4-1-14-18-12-7-10(16)11(17)8-13(12)19(14)9-2-5-21(20)6-3-9/h7-9H,1-6H2. The van der Waals surface area contributed by atoms with Gasteiger partial charge in [0.25, 0.3) is 0 Å². The second-order valence-electron chi connectivity index (χ2n) is 5.17. The zero-order chi connectivity index (χ0) is 15.0. The molecule has 1 aromatic heterocycles. The average molecular weight is 349 g/mol. The number of hydrogen-bond acceptors (Lipinski definition) is 2. The minimum Gasteiger partial charge on any atom is -0.325 e. The van der Waals surface area contributed by atoms with Crippen LogP contribution in [-0.4, -0.2) is 31.1 Å². The number of benzene rings is 1. The summed E-state index contributed by atoms with van der Waals surface area (Å²) in [5.41, 5.74) is 1.43. The van der Waals surface area contributed by atoms with Gasteiger partial charge in [-0.25, -0.2) is 9.37 Å². The molecule has 3 rings (SSSR count). The van der Waals surface area contributed by atoms with Gasteiger partial charge < -0.3 is 4.57 Å². The van der Waals surface area contributed by atoms with Gasteiger partial charge in [-0.3, -0.25) is 4.21 Å². The van der Waals surface area contributed by atoms with Crippen molar-refractivity contribution in [3.8, 4) is 0 Å². The summed E-state index contributed by atoms with van der Waals surface area (Å²) in [7, 11) is -0.730. The van der Waals surface area contributed by atoms with Crippen LogP contribution in [0.1, 0.15) is 24.7 Å². The number of fused-ring (bicyclic) bond motifs is 1. The molecule has 3 nitrogen and oxygen atoms in total. The van der Waals surface area contributed by atoms with Crippen LogP contribution in [0.15, 0.2) is 12.1 Å². The first-order valence-corrected chi connectivity index (χ1v) is 9.27. The molecule has 0 atom stereocenters. The highest BCUT2D eigenvalue weighted by molar-refractivity contribution is 7.85. The highest BCUT2D eigenvalue weighted by atomic mass is 35.5. The Hall–Kier alpha value is -0.650. The number of rotatable bonds is 3. The van der Waals surface area contributed by atoms with Gasteiger partial charge in [-0.1, -0.05) is 11.6 Å². The molecule has 1 aromatic carbocycles. The number of halogens is 3. The van der Waals surface area contributed by atoms with Crippen LogP contribution in [0.5, 0.6) is 0 Å². The Labute approximate surface area is 134 Å². The summed E-state index contributed by atoms with van der Waals surface area (Å²) < 4.78 is 27.4. The molecule has 0 bridgehead atoms. The van der Waals surface area contributed by atoms with E-state index in [0.717, 1.165) is 24.2 Å². The molecule has 2 heterocycles. The molecule has 0 saturated carbocycles. The van der Waals surface area contributed by atoms with Gasteiger partial charge in [0.05, 0.1) is 16.1 Å². The van der Waals surface area contributed by atoms with Gasteiger partial charge in [-0.15, -0.1) is 11.6 Å². The van der Waals surface area contributed by atoms with E-state index in [1.807, 2.05) is 0 Å². The summed E-state index contributed by atoms with van der Waals surface area (Å²) in [6.07, 6.45) is 2.25. The number of aromatic nitrogens is 2. The van der Waals surface area contributed by atoms with E-state index in [9.17, 15) is 8.60 Å². The normalized spacial score (nSPS) is 22.8. The smallest absolute Gasteiger partial charge is 0.144 e. The lowest BCUT2D eigenvalue weighted by Gasteiger charge is -2.25. The molecule has 114 valence electrons. The number of nitrogens with zero attached hydrogens (tertiary/aromatic N) is 2. The molecule has 0 unspecified atom stereocenters. The Morgan fingerprint density at radius 3 is 2.76 bits per heavy atom. The van der Waals surface area contributed by atoms with Crippen molar-refractivity contribution < 1.29 is 8.60 Å². The number of hydrogen-bond donors (Lipinski definition) is 0. The van der Waals surface area contributed by atoms with Gasteiger partial charge in [-0.2, -0.15) is 0 Å². The van der Waals surface area contributed by atoms with Crippen LogP contribution in [0.25, 0.3) is 11.0 Å². The lowest BCUT2D eigenvalue weighted by molar-refractivity contribution is 0.459. The van der Waals surface area contributed by atoms with Crippen molar-refractivity contribution in [2.24, 2.45) is 0 Å². The molecule has 21 heavy (non-hydrogen) atoms. The topological polar surface area (TPSA) is 34.9 Å². The van der Waals surface area contributed by atoms with Crippen LogP contribution in [0.3, 0.4) is 0 Å². The molecule has 1 fully saturated rings. The molecule has 1 aliphatic heterocycles. The molecule has 0 radical (unpaired) electrons. The minimum atomic E-state index is -0.730. The summed E-state index contributed by atoms with van der Waals surface area (Å²) in [5.74, 6) is 2.22. The Balaban J connectivity index is 2.11. The van der Waals surface area contributed by atoms with Crippen LogP contribution < -0.4 is 0 Å². The maximum Gasteiger partial charge on any atom is 0.144 e. The van der Waals surface area contributed by atoms with Gasteiger partial charge in [-0.05, 0) is 18.9 Å². The lowest BCUT2D eigenvalue weighted by atomic mass is 10.1. The van der Waals surface area contributed by atoms with E-state index in [2.05, 4.69) is 9.55 Å². The maximum absolute atomic E-state index is 13.8. The van der Waals surface area contributed by atoms with E-state index in [0.29, 0.717) is 29.3 Å². The van der Waals surface area contributed by atoms with Crippen LogP contribution in [0.4, 0.5) is 4.39 Å². The third-order valence-electron chi connectivity index (χ3n) is 3.85. The third kappa shape index (κ3) is 2.96. The zero-order valence-corrected chi connectivity index (χ0v) is 13.6. The van der Waals surface area contributed by atoms with Crippen molar-refractivity contribution in [2.75, 3.05) is 17.4 Å². The second kappa shape index (κ2) is 6.23. The van der Waals surface area contributed by atoms with Gasteiger partial charge >= 0.3 is 0 Å². The molecule has 1 aliphatic rings. The van der Waals surface area contributed by atoms with Crippen LogP contribution >= 0.6 is 23.2 Å². The first-order valence-electron chi connectivity index (χ1n) is 6.87. The largest absolute Gasteiger partial charge is 0.325 e. The Kier molecular flexibility index (Phi) is 4.52. The predicted octanol–water partition coefficient (Wildman–Crippen LogP) is 3.69. The van der Waals surface area contributed by atoms with E-state index >= 15 is 0 Å². The fourth-order valence-electron chi connectivity index (χ4n) is 2.85. The van der Waals surface area contributed by atoms with E-state index in [-0.39, 0.29) is 11.1 Å². The monoisotopic (exact) mass is 348 g/mol. The van der Waals surface area contributed by atoms with Crippen molar-refractivity contribution in [3.05, 3.63) is 28.8 Å². The molecule has 0 N–H and O–H groups in total. The molecule has 2 aromatic rings. The fourth-order valence-corrected chi connectivity index (χ4v) is 4.45. The second-order valence-corrected chi connectivity index (χ2v) is 7.65. The van der Waals surface area contributed by atoms with E-state index in [4.69, 9.17) is 23.2 Å². The molecule has 7 heteroatoms. The summed E-state index contributed by atoms with van der Waals surface area (Å²) in [4.78, 5) is 4.55. The van der Waals surface area contributed by atoms with Crippen molar-refractivity contribution in [3.63, 3.8) is 0 Å². The number of aryl methyl sites for hydroxylation is 1. The molecule has 0 amide bonds. The van der Waals surface area contributed by atoms with Crippen LogP contribution in [0, 0.1) is 5.82 Å². The Morgan fingerprint density at radius 1 is 1.38 bits per heavy atom. The zero-order valence-electron chi connectivity index (χ0n) is 11.3. The SMILES string of the molecule is O=S1CCC(n2c(CCCl)nc3cc(Cl)c(F)cc32)CC1. The van der Waals surface area contributed by atoms with Gasteiger partial charge in [0.15, 0.2) is 0 Å². The maximum atomic E-state index is 13.8. The summed E-state index contributed by atoms with van der Waals surface area (Å²) in [6.45, 7) is 0. The van der Waals surface area contributed by atoms with Gasteiger partial charge in [0.1, 0.15) is 11.6 Å². The first kappa shape index (κ1) is 15.3. The van der Waals surface area contributed by atoms with Crippen molar-refractivity contribution in [2.45, 2.75) is 25.3 Å². The Morgan fingerprint density at radius 2 is 2.10 bits per heavy atom. The van der Waals surface area contributed by atoms with E-state index in [1.54, 1.807) is 6.07 Å². The van der Waals surface area contributed by atoms with Gasteiger partial charge in [0.2, 0.25) is 0 Å². The number of alkyl halides is 1. The van der Waals surface area contributed by atoms with Crippen molar-refractivity contribution in [1.82, 2.24) is 9.55 Å².